The molecule has 2 aromatic carbocycles. The van der Waals surface area contributed by atoms with Gasteiger partial charge < -0.3 is 20.6 Å². The molecule has 6 aromatic rings. The number of carbonyl (C=O) groups is 4. The smallest absolute Gasteiger partial charge is 0.276 e. The van der Waals surface area contributed by atoms with Crippen molar-refractivity contribution in [3.05, 3.63) is 81.9 Å². The molecule has 1 aliphatic rings. The minimum atomic E-state index is -0.604. The number of imidazole rings is 2. The number of carbonyl (C=O) groups excluding carboxylic acids is 4. The van der Waals surface area contributed by atoms with Crippen molar-refractivity contribution in [1.82, 2.24) is 38.7 Å². The number of primary amides is 2. The maximum atomic E-state index is 14.1. The summed E-state index contributed by atoms with van der Waals surface area (Å²) < 4.78 is 7.07. The average Bonchev–Trinajstić information content (AvgIpc) is 3.83. The van der Waals surface area contributed by atoms with E-state index in [1.165, 1.54) is 0 Å². The number of fused-ring (bicyclic) bond motifs is 8. The van der Waals surface area contributed by atoms with Crippen molar-refractivity contribution in [2.45, 2.75) is 72.6 Å². The Kier molecular flexibility index (Phi) is 8.58. The third-order valence-corrected chi connectivity index (χ3v) is 9.26. The molecule has 5 heterocycles. The van der Waals surface area contributed by atoms with Crippen molar-refractivity contribution < 1.29 is 19.2 Å². The molecular formula is C35H38N12O4. The zero-order valence-corrected chi connectivity index (χ0v) is 28.6. The number of aromatic nitrogens is 8. The van der Waals surface area contributed by atoms with Crippen LogP contribution < -0.4 is 22.1 Å². The number of nitrogens with one attached hydrogen (secondary N) is 2. The average molecular weight is 691 g/mol. The van der Waals surface area contributed by atoms with Gasteiger partial charge in [-0.25, -0.2) is 9.97 Å². The fraction of sp³-hybridized carbons (Fsp3) is 0.314. The summed E-state index contributed by atoms with van der Waals surface area (Å²) in [6.45, 7) is 7.22. The van der Waals surface area contributed by atoms with E-state index in [2.05, 4.69) is 20.8 Å². The van der Waals surface area contributed by atoms with Gasteiger partial charge in [-0.15, -0.1) is 0 Å². The van der Waals surface area contributed by atoms with Crippen molar-refractivity contribution in [3.8, 4) is 0 Å². The van der Waals surface area contributed by atoms with Crippen molar-refractivity contribution in [2.75, 3.05) is 10.6 Å². The standard InChI is InChI=1S/C35H38N12O4/c1-4-46-29-23(20(3)43-46)8-6-5-7-13-47-28(16-19(2)42-47)32(50)40-34-38-24-17-21(30(36)48)9-11-26(24)44(34)14-15-45-27-12-10-22(31(37)49)18-25(27)39-35(45)41-33(29)51/h9-12,16-18H,4-8,13-15H2,1-3H3,(H2,36,48)(H2,37,49)(H,38,40,50)(H,39,41,51). The van der Waals surface area contributed by atoms with Gasteiger partial charge in [0, 0.05) is 42.9 Å². The van der Waals surface area contributed by atoms with E-state index in [1.807, 2.05) is 29.9 Å². The van der Waals surface area contributed by atoms with E-state index < -0.39 is 11.8 Å². The van der Waals surface area contributed by atoms with E-state index in [-0.39, 0.29) is 47.9 Å². The fourth-order valence-corrected chi connectivity index (χ4v) is 6.78. The van der Waals surface area contributed by atoms with Crippen molar-refractivity contribution in [2.24, 2.45) is 11.5 Å². The normalized spacial score (nSPS) is 14.4. The summed E-state index contributed by atoms with van der Waals surface area (Å²) >= 11 is 0. The third-order valence-electron chi connectivity index (χ3n) is 9.26. The van der Waals surface area contributed by atoms with Gasteiger partial charge >= 0.3 is 0 Å². The van der Waals surface area contributed by atoms with Crippen LogP contribution in [0.2, 0.25) is 0 Å². The zero-order valence-electron chi connectivity index (χ0n) is 28.6. The van der Waals surface area contributed by atoms with Crippen LogP contribution in [0.25, 0.3) is 22.1 Å². The number of rotatable bonds is 3. The van der Waals surface area contributed by atoms with Crippen LogP contribution in [0.4, 0.5) is 11.9 Å². The summed E-state index contributed by atoms with van der Waals surface area (Å²) in [5.41, 5.74) is 17.1. The van der Waals surface area contributed by atoms with Crippen LogP contribution in [0.1, 0.15) is 84.8 Å². The van der Waals surface area contributed by atoms with E-state index in [0.717, 1.165) is 30.5 Å². The summed E-state index contributed by atoms with van der Waals surface area (Å²) in [6, 6.07) is 11.6. The summed E-state index contributed by atoms with van der Waals surface area (Å²) in [5.74, 6) is -1.44. The Morgan fingerprint density at radius 2 is 1.35 bits per heavy atom. The molecule has 16 heteroatoms. The lowest BCUT2D eigenvalue weighted by Gasteiger charge is -2.14. The van der Waals surface area contributed by atoms with Gasteiger partial charge in [0.2, 0.25) is 23.7 Å². The number of amides is 4. The summed E-state index contributed by atoms with van der Waals surface area (Å²) in [7, 11) is 0. The summed E-state index contributed by atoms with van der Waals surface area (Å²) in [4.78, 5) is 61.5. The van der Waals surface area contributed by atoms with Crippen LogP contribution in [0, 0.1) is 13.8 Å². The highest BCUT2D eigenvalue weighted by atomic mass is 16.2. The molecule has 0 spiro atoms. The number of anilines is 2. The third kappa shape index (κ3) is 6.19. The Morgan fingerprint density at radius 1 is 0.765 bits per heavy atom. The molecular weight excluding hydrogens is 652 g/mol. The molecule has 262 valence electrons. The monoisotopic (exact) mass is 690 g/mol. The zero-order chi connectivity index (χ0) is 36.0. The van der Waals surface area contributed by atoms with Crippen LogP contribution in [-0.2, 0) is 32.6 Å². The highest BCUT2D eigenvalue weighted by molar-refractivity contribution is 6.05. The number of nitrogens with two attached hydrogens (primary N) is 2. The number of hydrogen-bond donors (Lipinski definition) is 4. The van der Waals surface area contributed by atoms with E-state index >= 15 is 0 Å². The molecule has 0 atom stereocenters. The lowest BCUT2D eigenvalue weighted by Crippen LogP contribution is -2.22. The maximum Gasteiger partial charge on any atom is 0.276 e. The van der Waals surface area contributed by atoms with Crippen molar-refractivity contribution >= 4 is 57.6 Å². The topological polar surface area (TPSA) is 216 Å². The lowest BCUT2D eigenvalue weighted by molar-refractivity contribution is 0.0992. The predicted molar refractivity (Wildman–Crippen MR) is 190 cm³/mol. The molecule has 4 amide bonds. The van der Waals surface area contributed by atoms with Gasteiger partial charge in [-0.05, 0) is 82.5 Å². The molecule has 51 heavy (non-hydrogen) atoms. The quantitative estimate of drug-likeness (QED) is 0.215. The number of nitrogens with zero attached hydrogens (tertiary/aromatic N) is 8. The molecule has 0 unspecified atom stereocenters. The largest absolute Gasteiger partial charge is 0.366 e. The highest BCUT2D eigenvalue weighted by Crippen LogP contribution is 2.27. The first-order valence-corrected chi connectivity index (χ1v) is 16.9. The van der Waals surface area contributed by atoms with E-state index in [9.17, 15) is 19.2 Å². The number of aryl methyl sites for hydroxylation is 6. The summed E-state index contributed by atoms with van der Waals surface area (Å²) in [5, 5.41) is 15.3. The lowest BCUT2D eigenvalue weighted by atomic mass is 10.0. The van der Waals surface area contributed by atoms with E-state index in [0.29, 0.717) is 58.7 Å². The van der Waals surface area contributed by atoms with Gasteiger partial charge in [-0.3, -0.25) is 39.2 Å². The maximum absolute atomic E-state index is 14.1. The second-order valence-electron chi connectivity index (χ2n) is 12.7. The molecule has 7 rings (SSSR count). The molecule has 16 nitrogen and oxygen atoms in total. The SMILES string of the molecule is CCn1nc(C)c2c1C(=O)Nc1nc3cc(C(N)=O)ccc3n1CCn1c(nc3cc(C(N)=O)ccc31)NC(=O)c1cc(C)nn1CCCCC2. The first kappa shape index (κ1) is 33.2. The molecule has 4 aromatic heterocycles. The Labute approximate surface area is 291 Å². The van der Waals surface area contributed by atoms with Crippen LogP contribution in [-0.4, -0.2) is 62.3 Å². The van der Waals surface area contributed by atoms with Gasteiger partial charge in [-0.2, -0.15) is 10.2 Å². The van der Waals surface area contributed by atoms with Crippen LogP contribution in [0.3, 0.4) is 0 Å². The number of hydrogen-bond acceptors (Lipinski definition) is 8. The molecule has 0 saturated carbocycles. The summed E-state index contributed by atoms with van der Waals surface area (Å²) in [6.07, 6.45) is 3.03. The molecule has 0 bridgehead atoms. The Morgan fingerprint density at radius 3 is 1.92 bits per heavy atom. The first-order chi connectivity index (χ1) is 24.5. The van der Waals surface area contributed by atoms with Gasteiger partial charge in [0.25, 0.3) is 11.8 Å². The molecule has 0 fully saturated rings. The molecule has 0 aliphatic carbocycles. The van der Waals surface area contributed by atoms with Gasteiger partial charge in [-0.1, -0.05) is 6.42 Å². The number of benzene rings is 2. The minimum Gasteiger partial charge on any atom is -0.366 e. The van der Waals surface area contributed by atoms with Crippen LogP contribution in [0.15, 0.2) is 42.5 Å². The van der Waals surface area contributed by atoms with Crippen molar-refractivity contribution in [1.29, 1.82) is 0 Å². The Balaban J connectivity index is 1.37. The first-order valence-electron chi connectivity index (χ1n) is 16.9. The van der Waals surface area contributed by atoms with Crippen LogP contribution in [0.5, 0.6) is 0 Å². The van der Waals surface area contributed by atoms with Gasteiger partial charge in [0.05, 0.1) is 33.5 Å². The fourth-order valence-electron chi connectivity index (χ4n) is 6.78. The second kappa shape index (κ2) is 13.2. The van der Waals surface area contributed by atoms with E-state index in [1.54, 1.807) is 51.8 Å². The van der Waals surface area contributed by atoms with Crippen LogP contribution >= 0.6 is 0 Å². The van der Waals surface area contributed by atoms with Gasteiger partial charge in [0.15, 0.2) is 0 Å². The molecule has 6 N–H and O–H groups in total. The molecule has 0 radical (unpaired) electrons. The predicted octanol–water partition coefficient (Wildman–Crippen LogP) is 3.54. The second-order valence-corrected chi connectivity index (χ2v) is 12.7. The highest BCUT2D eigenvalue weighted by Gasteiger charge is 2.25. The molecule has 1 aliphatic heterocycles. The van der Waals surface area contributed by atoms with E-state index in [4.69, 9.17) is 21.4 Å². The minimum absolute atomic E-state index is 0.248. The van der Waals surface area contributed by atoms with Gasteiger partial charge in [0.1, 0.15) is 11.4 Å². The Bertz CT molecular complexity index is 2380. The molecule has 0 saturated heterocycles. The Hall–Kier alpha value is -6.32. The van der Waals surface area contributed by atoms with Crippen molar-refractivity contribution in [3.63, 3.8) is 0 Å².